The zero-order valence-electron chi connectivity index (χ0n) is 9.46. The maximum absolute atomic E-state index is 12.7. The van der Waals surface area contributed by atoms with E-state index in [0.29, 0.717) is 0 Å². The number of anilines is 1. The van der Waals surface area contributed by atoms with Crippen LogP contribution in [0.25, 0.3) is 0 Å². The number of nitrogens with two attached hydrogens (primary N) is 1. The van der Waals surface area contributed by atoms with E-state index in [0.717, 1.165) is 17.0 Å². The molecule has 0 saturated heterocycles. The quantitative estimate of drug-likeness (QED) is 0.502. The molecule has 0 spiro atoms. The number of hydrogen-bond acceptors (Lipinski definition) is 5. The maximum atomic E-state index is 12.7. The van der Waals surface area contributed by atoms with Crippen LogP contribution in [-0.2, 0) is 6.18 Å². The zero-order valence-corrected chi connectivity index (χ0v) is 9.46. The Hall–Kier alpha value is -2.58. The highest BCUT2D eigenvalue weighted by Gasteiger charge is 2.32. The van der Waals surface area contributed by atoms with Crippen molar-refractivity contribution in [2.45, 2.75) is 6.18 Å². The summed E-state index contributed by atoms with van der Waals surface area (Å²) in [6.07, 6.45) is -2.17. The van der Waals surface area contributed by atoms with Gasteiger partial charge < -0.3 is 5.84 Å². The number of nitrogens with zero attached hydrogens (tertiary/aromatic N) is 4. The van der Waals surface area contributed by atoms with E-state index in [9.17, 15) is 13.2 Å². The fourth-order valence-electron chi connectivity index (χ4n) is 1.35. The van der Waals surface area contributed by atoms with E-state index in [1.165, 1.54) is 24.5 Å². The van der Waals surface area contributed by atoms with Gasteiger partial charge in [0.05, 0.1) is 11.8 Å². The Morgan fingerprint density at radius 2 is 2.05 bits per heavy atom. The van der Waals surface area contributed by atoms with Gasteiger partial charge in [0.1, 0.15) is 6.33 Å². The fourth-order valence-corrected chi connectivity index (χ4v) is 1.35. The van der Waals surface area contributed by atoms with Crippen molar-refractivity contribution in [3.8, 4) is 0 Å². The Balaban J connectivity index is 2.18. The minimum atomic E-state index is -4.43. The van der Waals surface area contributed by atoms with Gasteiger partial charge >= 0.3 is 6.18 Å². The van der Waals surface area contributed by atoms with Crippen molar-refractivity contribution in [3.05, 3.63) is 41.7 Å². The van der Waals surface area contributed by atoms with E-state index in [2.05, 4.69) is 20.7 Å². The van der Waals surface area contributed by atoms with Crippen LogP contribution in [0.4, 0.5) is 19.1 Å². The lowest BCUT2D eigenvalue weighted by atomic mass is 10.1. The van der Waals surface area contributed by atoms with Gasteiger partial charge in [-0.1, -0.05) is 18.2 Å². The molecule has 1 heterocycles. The second kappa shape index (κ2) is 4.96. The molecule has 100 valence electrons. The molecule has 6 nitrogen and oxygen atoms in total. The Labute approximate surface area is 105 Å². The van der Waals surface area contributed by atoms with Crippen LogP contribution in [0.5, 0.6) is 0 Å². The molecule has 0 saturated carbocycles. The lowest BCUT2D eigenvalue weighted by molar-refractivity contribution is -0.137. The number of hydrazone groups is 1. The van der Waals surface area contributed by atoms with Gasteiger partial charge in [0, 0.05) is 5.56 Å². The van der Waals surface area contributed by atoms with Crippen LogP contribution in [0.2, 0.25) is 0 Å². The predicted molar refractivity (Wildman–Crippen MR) is 62.8 cm³/mol. The number of rotatable bonds is 3. The molecule has 2 aromatic rings. The van der Waals surface area contributed by atoms with Gasteiger partial charge in [0.25, 0.3) is 5.95 Å². The molecule has 1 aromatic heterocycles. The van der Waals surface area contributed by atoms with Crippen LogP contribution in [-0.4, -0.2) is 21.1 Å². The standard InChI is InChI=1S/C10H9F3N6/c11-10(12,13)8-4-2-1-3-7(8)5-15-17-9-18-16-6-19(9)14/h1-6H,14H2,(H,17,18). The molecule has 0 amide bonds. The van der Waals surface area contributed by atoms with E-state index in [1.54, 1.807) is 0 Å². The van der Waals surface area contributed by atoms with Gasteiger partial charge in [-0.2, -0.15) is 18.3 Å². The van der Waals surface area contributed by atoms with E-state index in [4.69, 9.17) is 5.84 Å². The first-order chi connectivity index (χ1) is 8.98. The normalized spacial score (nSPS) is 11.9. The van der Waals surface area contributed by atoms with Crippen LogP contribution in [0.15, 0.2) is 35.7 Å². The average Bonchev–Trinajstić information content (AvgIpc) is 2.75. The van der Waals surface area contributed by atoms with Crippen molar-refractivity contribution < 1.29 is 13.2 Å². The molecule has 0 aliphatic rings. The third-order valence-electron chi connectivity index (χ3n) is 2.21. The molecular weight excluding hydrogens is 261 g/mol. The second-order valence-electron chi connectivity index (χ2n) is 3.52. The molecule has 0 bridgehead atoms. The number of nitrogen functional groups attached to an aromatic ring is 1. The summed E-state index contributed by atoms with van der Waals surface area (Å²) in [6, 6.07) is 5.08. The van der Waals surface area contributed by atoms with Gasteiger partial charge in [0.2, 0.25) is 0 Å². The Morgan fingerprint density at radius 1 is 1.32 bits per heavy atom. The summed E-state index contributed by atoms with van der Waals surface area (Å²) in [5.74, 6) is 5.51. The average molecular weight is 270 g/mol. The van der Waals surface area contributed by atoms with E-state index in [1.807, 2.05) is 0 Å². The van der Waals surface area contributed by atoms with Gasteiger partial charge in [-0.3, -0.25) is 0 Å². The number of alkyl halides is 3. The number of hydrogen-bond donors (Lipinski definition) is 2. The van der Waals surface area contributed by atoms with Crippen LogP contribution >= 0.6 is 0 Å². The van der Waals surface area contributed by atoms with Crippen molar-refractivity contribution >= 4 is 12.2 Å². The number of nitrogens with one attached hydrogen (secondary N) is 1. The minimum absolute atomic E-state index is 0.0643. The van der Waals surface area contributed by atoms with Crippen molar-refractivity contribution in [1.29, 1.82) is 0 Å². The van der Waals surface area contributed by atoms with E-state index < -0.39 is 11.7 Å². The van der Waals surface area contributed by atoms with E-state index >= 15 is 0 Å². The number of benzene rings is 1. The molecule has 0 fully saturated rings. The highest BCUT2D eigenvalue weighted by atomic mass is 19.4. The molecule has 0 unspecified atom stereocenters. The fraction of sp³-hybridized carbons (Fsp3) is 0.100. The molecule has 0 atom stereocenters. The molecule has 19 heavy (non-hydrogen) atoms. The molecular formula is C10H9F3N6. The van der Waals surface area contributed by atoms with Crippen LogP contribution in [0.1, 0.15) is 11.1 Å². The van der Waals surface area contributed by atoms with Crippen molar-refractivity contribution in [3.63, 3.8) is 0 Å². The summed E-state index contributed by atoms with van der Waals surface area (Å²) in [5.41, 5.74) is 1.55. The minimum Gasteiger partial charge on any atom is -0.335 e. The number of halogens is 3. The molecule has 9 heteroatoms. The smallest absolute Gasteiger partial charge is 0.335 e. The van der Waals surface area contributed by atoms with Crippen molar-refractivity contribution in [2.24, 2.45) is 5.10 Å². The zero-order chi connectivity index (χ0) is 13.9. The second-order valence-corrected chi connectivity index (χ2v) is 3.52. The lowest BCUT2D eigenvalue weighted by Gasteiger charge is -2.09. The lowest BCUT2D eigenvalue weighted by Crippen LogP contribution is -2.11. The number of aromatic nitrogens is 3. The molecule has 0 aliphatic carbocycles. The highest BCUT2D eigenvalue weighted by Crippen LogP contribution is 2.31. The monoisotopic (exact) mass is 270 g/mol. The third-order valence-corrected chi connectivity index (χ3v) is 2.21. The summed E-state index contributed by atoms with van der Waals surface area (Å²) in [6.45, 7) is 0. The van der Waals surface area contributed by atoms with Crippen LogP contribution < -0.4 is 11.3 Å². The molecule has 3 N–H and O–H groups in total. The SMILES string of the molecule is Nn1cnnc1NN=Cc1ccccc1C(F)(F)F. The summed E-state index contributed by atoms with van der Waals surface area (Å²) < 4.78 is 39.1. The molecule has 1 aromatic carbocycles. The predicted octanol–water partition coefficient (Wildman–Crippen LogP) is 1.46. The van der Waals surface area contributed by atoms with Crippen molar-refractivity contribution in [1.82, 2.24) is 14.9 Å². The largest absolute Gasteiger partial charge is 0.417 e. The Kier molecular flexibility index (Phi) is 3.36. The van der Waals surface area contributed by atoms with Crippen LogP contribution in [0.3, 0.4) is 0 Å². The highest BCUT2D eigenvalue weighted by molar-refractivity contribution is 5.82. The van der Waals surface area contributed by atoms with Crippen molar-refractivity contribution in [2.75, 3.05) is 11.3 Å². The topological polar surface area (TPSA) is 81.1 Å². The van der Waals surface area contributed by atoms with Crippen LogP contribution in [0, 0.1) is 0 Å². The van der Waals surface area contributed by atoms with Gasteiger partial charge in [-0.15, -0.1) is 10.2 Å². The summed E-state index contributed by atoms with van der Waals surface area (Å²) in [7, 11) is 0. The van der Waals surface area contributed by atoms with Gasteiger partial charge in [-0.25, -0.2) is 10.1 Å². The molecule has 0 radical (unpaired) electrons. The third kappa shape index (κ3) is 3.00. The summed E-state index contributed by atoms with van der Waals surface area (Å²) >= 11 is 0. The first-order valence-electron chi connectivity index (χ1n) is 5.09. The Bertz CT molecular complexity index is 589. The van der Waals surface area contributed by atoms with Gasteiger partial charge in [0.15, 0.2) is 0 Å². The molecule has 0 aliphatic heterocycles. The maximum Gasteiger partial charge on any atom is 0.417 e. The first-order valence-corrected chi connectivity index (χ1v) is 5.09. The van der Waals surface area contributed by atoms with Gasteiger partial charge in [-0.05, 0) is 6.07 Å². The summed E-state index contributed by atoms with van der Waals surface area (Å²) in [5, 5.41) is 10.7. The van der Waals surface area contributed by atoms with E-state index in [-0.39, 0.29) is 11.5 Å². The summed E-state index contributed by atoms with van der Waals surface area (Å²) in [4.78, 5) is 0. The molecule has 2 rings (SSSR count). The Morgan fingerprint density at radius 3 is 2.68 bits per heavy atom. The first kappa shape index (κ1) is 12.9.